The number of halogens is 3. The second-order valence-corrected chi connectivity index (χ2v) is 4.11. The summed E-state index contributed by atoms with van der Waals surface area (Å²) in [5.74, 6) is -0.705. The Balaban J connectivity index is 2.57. The summed E-state index contributed by atoms with van der Waals surface area (Å²) in [7, 11) is 0. The zero-order valence-corrected chi connectivity index (χ0v) is 10.5. The fourth-order valence-electron chi connectivity index (χ4n) is 1.71. The molecule has 0 spiro atoms. The average Bonchev–Trinajstić information content (AvgIpc) is 2.82. The number of alkyl halides is 3. The Labute approximate surface area is 115 Å². The summed E-state index contributed by atoms with van der Waals surface area (Å²) in [6.07, 6.45) is -3.68. The summed E-state index contributed by atoms with van der Waals surface area (Å²) in [5.41, 5.74) is -2.62. The van der Waals surface area contributed by atoms with Crippen LogP contribution in [0.2, 0.25) is 0 Å². The monoisotopic (exact) mass is 300 g/mol. The van der Waals surface area contributed by atoms with E-state index in [0.717, 1.165) is 12.3 Å². The molecule has 0 amide bonds. The molecule has 0 saturated heterocycles. The van der Waals surface area contributed by atoms with Crippen LogP contribution in [-0.4, -0.2) is 15.9 Å². The molecule has 1 heterocycles. The summed E-state index contributed by atoms with van der Waals surface area (Å²) >= 11 is 0. The SMILES string of the molecule is Cc1oncc1C(=O)c1ccc(C(F)(F)F)cc1[N+](=O)[O-]. The molecule has 0 aliphatic heterocycles. The van der Waals surface area contributed by atoms with E-state index in [0.29, 0.717) is 12.1 Å². The van der Waals surface area contributed by atoms with Gasteiger partial charge in [-0.05, 0) is 19.1 Å². The van der Waals surface area contributed by atoms with Gasteiger partial charge in [0.2, 0.25) is 5.78 Å². The highest BCUT2D eigenvalue weighted by Crippen LogP contribution is 2.33. The maximum absolute atomic E-state index is 12.6. The topological polar surface area (TPSA) is 86.2 Å². The number of aryl methyl sites for hydroxylation is 1. The number of hydrogen-bond acceptors (Lipinski definition) is 5. The summed E-state index contributed by atoms with van der Waals surface area (Å²) in [5, 5.41) is 14.3. The van der Waals surface area contributed by atoms with Crippen molar-refractivity contribution in [2.75, 3.05) is 0 Å². The zero-order valence-electron chi connectivity index (χ0n) is 10.5. The van der Waals surface area contributed by atoms with E-state index in [1.165, 1.54) is 6.92 Å². The second kappa shape index (κ2) is 5.00. The lowest BCUT2D eigenvalue weighted by atomic mass is 10.0. The van der Waals surface area contributed by atoms with Crippen LogP contribution in [-0.2, 0) is 6.18 Å². The largest absolute Gasteiger partial charge is 0.416 e. The number of benzene rings is 1. The number of nitro groups is 1. The van der Waals surface area contributed by atoms with Gasteiger partial charge in [0.05, 0.1) is 22.2 Å². The Morgan fingerprint density at radius 1 is 1.33 bits per heavy atom. The number of hydrogen-bond donors (Lipinski definition) is 0. The summed E-state index contributed by atoms with van der Waals surface area (Å²) in [4.78, 5) is 22.0. The highest BCUT2D eigenvalue weighted by atomic mass is 19.4. The van der Waals surface area contributed by atoms with Gasteiger partial charge in [0.25, 0.3) is 5.69 Å². The first-order chi connectivity index (χ1) is 9.71. The highest BCUT2D eigenvalue weighted by molar-refractivity contribution is 6.11. The van der Waals surface area contributed by atoms with Crippen molar-refractivity contribution in [1.82, 2.24) is 5.16 Å². The van der Waals surface area contributed by atoms with Crippen LogP contribution in [0.1, 0.15) is 27.2 Å². The van der Waals surface area contributed by atoms with Crippen LogP contribution in [0.4, 0.5) is 18.9 Å². The average molecular weight is 300 g/mol. The minimum atomic E-state index is -4.74. The number of rotatable bonds is 3. The van der Waals surface area contributed by atoms with Gasteiger partial charge in [0, 0.05) is 6.07 Å². The van der Waals surface area contributed by atoms with Gasteiger partial charge in [0.1, 0.15) is 11.3 Å². The van der Waals surface area contributed by atoms with Crippen molar-refractivity contribution >= 4 is 11.5 Å². The standard InChI is InChI=1S/C12H7F3N2O4/c1-6-9(5-16-21-6)11(18)8-3-2-7(12(13,14)15)4-10(8)17(19)20/h2-5H,1H3. The molecule has 0 radical (unpaired) electrons. The Bertz CT molecular complexity index is 722. The van der Waals surface area contributed by atoms with Gasteiger partial charge in [-0.3, -0.25) is 14.9 Å². The van der Waals surface area contributed by atoms with E-state index in [9.17, 15) is 28.1 Å². The molecule has 0 fully saturated rings. The fourth-order valence-corrected chi connectivity index (χ4v) is 1.71. The van der Waals surface area contributed by atoms with E-state index < -0.39 is 33.7 Å². The predicted octanol–water partition coefficient (Wildman–Crippen LogP) is 3.14. The lowest BCUT2D eigenvalue weighted by Gasteiger charge is -2.08. The normalized spacial score (nSPS) is 11.4. The quantitative estimate of drug-likeness (QED) is 0.493. The first-order valence-corrected chi connectivity index (χ1v) is 5.53. The smallest absolute Gasteiger partial charge is 0.361 e. The van der Waals surface area contributed by atoms with Crippen molar-refractivity contribution in [3.63, 3.8) is 0 Å². The maximum Gasteiger partial charge on any atom is 0.416 e. The third-order valence-corrected chi connectivity index (χ3v) is 2.76. The van der Waals surface area contributed by atoms with Gasteiger partial charge in [-0.1, -0.05) is 5.16 Å². The van der Waals surface area contributed by atoms with Gasteiger partial charge in [-0.15, -0.1) is 0 Å². The number of carbonyl (C=O) groups excluding carboxylic acids is 1. The van der Waals surface area contributed by atoms with E-state index in [-0.39, 0.29) is 11.3 Å². The third-order valence-electron chi connectivity index (χ3n) is 2.76. The Hall–Kier alpha value is -2.71. The molecule has 110 valence electrons. The molecule has 21 heavy (non-hydrogen) atoms. The minimum Gasteiger partial charge on any atom is -0.361 e. The lowest BCUT2D eigenvalue weighted by molar-refractivity contribution is -0.385. The van der Waals surface area contributed by atoms with E-state index in [1.54, 1.807) is 0 Å². The predicted molar refractivity (Wildman–Crippen MR) is 62.8 cm³/mol. The van der Waals surface area contributed by atoms with Crippen LogP contribution < -0.4 is 0 Å². The lowest BCUT2D eigenvalue weighted by Crippen LogP contribution is -2.10. The third kappa shape index (κ3) is 2.76. The van der Waals surface area contributed by atoms with Crippen molar-refractivity contribution in [3.05, 3.63) is 57.0 Å². The van der Waals surface area contributed by atoms with Crippen molar-refractivity contribution in [3.8, 4) is 0 Å². The van der Waals surface area contributed by atoms with E-state index >= 15 is 0 Å². The molecule has 2 aromatic rings. The minimum absolute atomic E-state index is 0.0436. The molecule has 0 bridgehead atoms. The Morgan fingerprint density at radius 2 is 2.00 bits per heavy atom. The summed E-state index contributed by atoms with van der Waals surface area (Å²) in [6, 6.07) is 1.72. The van der Waals surface area contributed by atoms with Gasteiger partial charge < -0.3 is 4.52 Å². The Morgan fingerprint density at radius 3 is 2.48 bits per heavy atom. The van der Waals surface area contributed by atoms with E-state index in [2.05, 4.69) is 9.68 Å². The van der Waals surface area contributed by atoms with Crippen molar-refractivity contribution < 1.29 is 27.4 Å². The first-order valence-electron chi connectivity index (χ1n) is 5.53. The van der Waals surface area contributed by atoms with Gasteiger partial charge in [0.15, 0.2) is 0 Å². The van der Waals surface area contributed by atoms with Crippen LogP contribution >= 0.6 is 0 Å². The fraction of sp³-hybridized carbons (Fsp3) is 0.167. The van der Waals surface area contributed by atoms with Gasteiger partial charge in [-0.25, -0.2) is 0 Å². The Kier molecular flexibility index (Phi) is 3.50. The molecular weight excluding hydrogens is 293 g/mol. The molecule has 0 atom stereocenters. The molecule has 0 saturated carbocycles. The number of carbonyl (C=O) groups is 1. The molecule has 0 unspecified atom stereocenters. The molecule has 1 aromatic carbocycles. The van der Waals surface area contributed by atoms with Crippen LogP contribution in [0.3, 0.4) is 0 Å². The first kappa shape index (κ1) is 14.7. The van der Waals surface area contributed by atoms with E-state index in [1.807, 2.05) is 0 Å². The van der Waals surface area contributed by atoms with Gasteiger partial charge in [-0.2, -0.15) is 13.2 Å². The number of nitro benzene ring substituents is 1. The molecule has 0 aliphatic carbocycles. The molecule has 1 aromatic heterocycles. The zero-order chi connectivity index (χ0) is 15.8. The van der Waals surface area contributed by atoms with Crippen LogP contribution in [0.25, 0.3) is 0 Å². The maximum atomic E-state index is 12.6. The molecule has 0 N–H and O–H groups in total. The number of ketones is 1. The van der Waals surface area contributed by atoms with E-state index in [4.69, 9.17) is 0 Å². The molecule has 6 nitrogen and oxygen atoms in total. The number of nitrogens with zero attached hydrogens (tertiary/aromatic N) is 2. The summed E-state index contributed by atoms with van der Waals surface area (Å²) in [6.45, 7) is 1.41. The molecular formula is C12H7F3N2O4. The highest BCUT2D eigenvalue weighted by Gasteiger charge is 2.34. The molecule has 9 heteroatoms. The number of aromatic nitrogens is 1. The summed E-state index contributed by atoms with van der Waals surface area (Å²) < 4.78 is 42.4. The van der Waals surface area contributed by atoms with Gasteiger partial charge >= 0.3 is 6.18 Å². The van der Waals surface area contributed by atoms with Crippen molar-refractivity contribution in [1.29, 1.82) is 0 Å². The van der Waals surface area contributed by atoms with Crippen molar-refractivity contribution in [2.45, 2.75) is 13.1 Å². The van der Waals surface area contributed by atoms with Crippen LogP contribution in [0.15, 0.2) is 28.9 Å². The van der Waals surface area contributed by atoms with Crippen LogP contribution in [0, 0.1) is 17.0 Å². The molecule has 2 rings (SSSR count). The van der Waals surface area contributed by atoms with Crippen molar-refractivity contribution in [2.24, 2.45) is 0 Å². The second-order valence-electron chi connectivity index (χ2n) is 4.11. The molecule has 0 aliphatic rings. The van der Waals surface area contributed by atoms with Crippen LogP contribution in [0.5, 0.6) is 0 Å².